The van der Waals surface area contributed by atoms with Gasteiger partial charge in [-0.3, -0.25) is 8.51 Å². The van der Waals surface area contributed by atoms with E-state index in [4.69, 9.17) is 11.6 Å². The lowest BCUT2D eigenvalue weighted by Gasteiger charge is -2.24. The van der Waals surface area contributed by atoms with Crippen molar-refractivity contribution in [2.24, 2.45) is 0 Å². The maximum Gasteiger partial charge on any atom is 0.332 e. The van der Waals surface area contributed by atoms with Crippen LogP contribution in [0.2, 0.25) is 5.02 Å². The van der Waals surface area contributed by atoms with Gasteiger partial charge in [0.1, 0.15) is 0 Å². The Bertz CT molecular complexity index is 650. The molecule has 116 valence electrons. The highest BCUT2D eigenvalue weighted by Gasteiger charge is 2.14. The van der Waals surface area contributed by atoms with Crippen molar-refractivity contribution in [1.82, 2.24) is 4.31 Å². The van der Waals surface area contributed by atoms with E-state index >= 15 is 0 Å². The third-order valence-electron chi connectivity index (χ3n) is 2.95. The Kier molecular flexibility index (Phi) is 5.94. The number of amides is 2. The number of urea groups is 1. The fraction of sp³-hybridized carbons (Fsp3) is 0.133. The molecule has 1 unspecified atom stereocenters. The first-order chi connectivity index (χ1) is 10.6. The molecule has 2 aromatic carbocycles. The largest absolute Gasteiger partial charge is 0.755 e. The van der Waals surface area contributed by atoms with Crippen molar-refractivity contribution in [3.05, 3.63) is 65.2 Å². The second-order valence-electron chi connectivity index (χ2n) is 4.49. The molecule has 2 amide bonds. The van der Waals surface area contributed by atoms with Gasteiger partial charge in [0, 0.05) is 17.3 Å². The number of nitrogens with one attached hydrogen (secondary N) is 1. The molecule has 0 aliphatic carbocycles. The van der Waals surface area contributed by atoms with E-state index < -0.39 is 17.3 Å². The highest BCUT2D eigenvalue weighted by molar-refractivity contribution is 7.77. The first-order valence-electron chi connectivity index (χ1n) is 6.53. The topological polar surface area (TPSA) is 72.5 Å². The molecule has 7 heteroatoms. The van der Waals surface area contributed by atoms with E-state index in [1.54, 1.807) is 54.6 Å². The number of carbonyl (C=O) groups excluding carboxylic acids is 1. The molecule has 0 bridgehead atoms. The summed E-state index contributed by atoms with van der Waals surface area (Å²) < 4.78 is 23.3. The lowest BCUT2D eigenvalue weighted by Crippen LogP contribution is -2.37. The standard InChI is InChI=1S/C15H15ClN2O3S/c16-13-8-6-12(7-9-13)10-11-18(22(20)21)15(19)17-14-4-2-1-3-5-14/h1-9H,10-11H2,(H,17,19)(H,20,21)/p-1. The van der Waals surface area contributed by atoms with E-state index in [0.29, 0.717) is 17.1 Å². The minimum atomic E-state index is -2.64. The molecule has 0 fully saturated rings. The fourth-order valence-corrected chi connectivity index (χ4v) is 2.38. The van der Waals surface area contributed by atoms with Crippen LogP contribution in [0, 0.1) is 0 Å². The van der Waals surface area contributed by atoms with Crippen molar-refractivity contribution in [3.63, 3.8) is 0 Å². The van der Waals surface area contributed by atoms with Crippen molar-refractivity contribution in [3.8, 4) is 0 Å². The Morgan fingerprint density at radius 1 is 1.14 bits per heavy atom. The Morgan fingerprint density at radius 3 is 2.36 bits per heavy atom. The predicted octanol–water partition coefficient (Wildman–Crippen LogP) is 3.21. The molecule has 0 radical (unpaired) electrons. The first-order valence-corrected chi connectivity index (χ1v) is 7.94. The second-order valence-corrected chi connectivity index (χ2v) is 5.80. The molecular weight excluding hydrogens is 324 g/mol. The first kappa shape index (κ1) is 16.5. The van der Waals surface area contributed by atoms with Gasteiger partial charge < -0.3 is 9.87 Å². The highest BCUT2D eigenvalue weighted by Crippen LogP contribution is 2.12. The maximum atomic E-state index is 12.0. The number of halogens is 1. The summed E-state index contributed by atoms with van der Waals surface area (Å²) in [5.41, 5.74) is 1.43. The third-order valence-corrected chi connectivity index (χ3v) is 3.91. The third kappa shape index (κ3) is 4.84. The van der Waals surface area contributed by atoms with E-state index in [9.17, 15) is 13.6 Å². The molecule has 1 atom stereocenters. The van der Waals surface area contributed by atoms with Crippen molar-refractivity contribution < 1.29 is 13.6 Å². The van der Waals surface area contributed by atoms with Crippen molar-refractivity contribution in [2.45, 2.75) is 6.42 Å². The number of hydrogen-bond acceptors (Lipinski definition) is 3. The normalized spacial score (nSPS) is 11.7. The maximum absolute atomic E-state index is 12.0. The Labute approximate surface area is 136 Å². The van der Waals surface area contributed by atoms with Crippen molar-refractivity contribution in [2.75, 3.05) is 11.9 Å². The highest BCUT2D eigenvalue weighted by atomic mass is 35.5. The average molecular weight is 338 g/mol. The summed E-state index contributed by atoms with van der Waals surface area (Å²) in [4.78, 5) is 12.0. The zero-order valence-corrected chi connectivity index (χ0v) is 13.1. The van der Waals surface area contributed by atoms with Gasteiger partial charge in [-0.25, -0.2) is 4.79 Å². The monoisotopic (exact) mass is 337 g/mol. The van der Waals surface area contributed by atoms with Gasteiger partial charge in [0.15, 0.2) is 0 Å². The number of benzene rings is 2. The van der Waals surface area contributed by atoms with E-state index in [1.165, 1.54) is 0 Å². The average Bonchev–Trinajstić information content (AvgIpc) is 2.50. The number of para-hydroxylation sites is 1. The number of anilines is 1. The summed E-state index contributed by atoms with van der Waals surface area (Å²) in [5, 5.41) is 3.15. The van der Waals surface area contributed by atoms with Crippen LogP contribution in [0.1, 0.15) is 5.56 Å². The zero-order valence-electron chi connectivity index (χ0n) is 11.6. The molecule has 0 saturated carbocycles. The molecule has 0 aliphatic heterocycles. The summed E-state index contributed by atoms with van der Waals surface area (Å²) in [6, 6.07) is 15.0. The van der Waals surface area contributed by atoms with Gasteiger partial charge >= 0.3 is 6.03 Å². The number of rotatable bonds is 5. The molecule has 0 heterocycles. The van der Waals surface area contributed by atoms with Gasteiger partial charge in [-0.2, -0.15) is 0 Å². The van der Waals surface area contributed by atoms with Crippen molar-refractivity contribution in [1.29, 1.82) is 0 Å². The van der Waals surface area contributed by atoms with Crippen LogP contribution < -0.4 is 5.32 Å². The van der Waals surface area contributed by atoms with Crippen LogP contribution in [0.25, 0.3) is 0 Å². The molecule has 2 aromatic rings. The van der Waals surface area contributed by atoms with E-state index in [2.05, 4.69) is 5.32 Å². The predicted molar refractivity (Wildman–Crippen MR) is 86.2 cm³/mol. The van der Waals surface area contributed by atoms with Crippen LogP contribution in [0.3, 0.4) is 0 Å². The second kappa shape index (κ2) is 7.93. The molecule has 0 spiro atoms. The molecule has 2 rings (SSSR count). The minimum Gasteiger partial charge on any atom is -0.755 e. The molecule has 0 saturated heterocycles. The van der Waals surface area contributed by atoms with Crippen molar-refractivity contribution >= 4 is 34.6 Å². The molecule has 1 N–H and O–H groups in total. The molecule has 5 nitrogen and oxygen atoms in total. The van der Waals surface area contributed by atoms with Crippen LogP contribution in [-0.2, 0) is 17.7 Å². The Balaban J connectivity index is 1.98. The fourth-order valence-electron chi connectivity index (χ4n) is 1.83. The summed E-state index contributed by atoms with van der Waals surface area (Å²) in [7, 11) is 0. The summed E-state index contributed by atoms with van der Waals surface area (Å²) in [5.74, 6) is 0. The van der Waals surface area contributed by atoms with E-state index in [0.717, 1.165) is 9.87 Å². The number of carbonyl (C=O) groups is 1. The van der Waals surface area contributed by atoms with Gasteiger partial charge in [-0.1, -0.05) is 41.9 Å². The van der Waals surface area contributed by atoms with Crippen LogP contribution in [0.5, 0.6) is 0 Å². The Hall–Kier alpha value is -1.89. The van der Waals surface area contributed by atoms with Gasteiger partial charge in [-0.05, 0) is 36.2 Å². The van der Waals surface area contributed by atoms with Gasteiger partial charge in [0.05, 0.1) is 11.3 Å². The Morgan fingerprint density at radius 2 is 1.77 bits per heavy atom. The molecule has 0 aliphatic rings. The van der Waals surface area contributed by atoms with Crippen LogP contribution in [-0.4, -0.2) is 25.6 Å². The smallest absolute Gasteiger partial charge is 0.332 e. The van der Waals surface area contributed by atoms with Crippen LogP contribution >= 0.6 is 11.6 Å². The van der Waals surface area contributed by atoms with Crippen LogP contribution in [0.4, 0.5) is 10.5 Å². The minimum absolute atomic E-state index is 0.0520. The van der Waals surface area contributed by atoms with Crippen LogP contribution in [0.15, 0.2) is 54.6 Å². The molecule has 22 heavy (non-hydrogen) atoms. The number of nitrogens with zero attached hydrogens (tertiary/aromatic N) is 1. The quantitative estimate of drug-likeness (QED) is 0.851. The zero-order chi connectivity index (χ0) is 15.9. The van der Waals surface area contributed by atoms with Gasteiger partial charge in [0.25, 0.3) is 0 Å². The molecular formula is C15H14ClN2O3S-. The number of hydrogen-bond donors (Lipinski definition) is 1. The molecule has 0 aromatic heterocycles. The lowest BCUT2D eigenvalue weighted by molar-refractivity contribution is 0.235. The SMILES string of the molecule is O=C(Nc1ccccc1)N(CCc1ccc(Cl)cc1)S(=O)[O-]. The van der Waals surface area contributed by atoms with E-state index in [-0.39, 0.29) is 6.54 Å². The summed E-state index contributed by atoms with van der Waals surface area (Å²) >= 11 is 3.15. The summed E-state index contributed by atoms with van der Waals surface area (Å²) in [6.07, 6.45) is 0.410. The van der Waals surface area contributed by atoms with E-state index in [1.807, 2.05) is 0 Å². The van der Waals surface area contributed by atoms with Gasteiger partial charge in [0.2, 0.25) is 0 Å². The summed E-state index contributed by atoms with van der Waals surface area (Å²) in [6.45, 7) is 0.0520. The van der Waals surface area contributed by atoms with Gasteiger partial charge in [-0.15, -0.1) is 0 Å². The lowest BCUT2D eigenvalue weighted by atomic mass is 10.1.